The SMILES string of the molecule is Cc1ocnc1C(=O)N[C@H]1C[C@H](C(=O)N(C)CCc2ccccn2)C[C@@H]1O.O=CO. The molecular formula is C20H26N4O6. The monoisotopic (exact) mass is 418 g/mol. The molecule has 0 bridgehead atoms. The average Bonchev–Trinajstić information content (AvgIpc) is 3.32. The molecule has 1 aliphatic carbocycles. The van der Waals surface area contributed by atoms with Gasteiger partial charge in [0.25, 0.3) is 12.4 Å². The van der Waals surface area contributed by atoms with Crippen LogP contribution < -0.4 is 5.32 Å². The highest BCUT2D eigenvalue weighted by molar-refractivity contribution is 5.93. The summed E-state index contributed by atoms with van der Waals surface area (Å²) in [5, 5.41) is 19.9. The number of aryl methyl sites for hydroxylation is 1. The maximum absolute atomic E-state index is 12.7. The van der Waals surface area contributed by atoms with Crippen molar-refractivity contribution in [2.75, 3.05) is 13.6 Å². The fourth-order valence-corrected chi connectivity index (χ4v) is 3.38. The van der Waals surface area contributed by atoms with Gasteiger partial charge in [-0.2, -0.15) is 0 Å². The molecule has 1 aliphatic rings. The van der Waals surface area contributed by atoms with Gasteiger partial charge in [-0.05, 0) is 31.9 Å². The number of rotatable bonds is 6. The van der Waals surface area contributed by atoms with Gasteiger partial charge in [-0.25, -0.2) is 4.98 Å². The number of amides is 2. The molecule has 0 aliphatic heterocycles. The molecule has 0 saturated heterocycles. The number of hydrogen-bond acceptors (Lipinski definition) is 7. The lowest BCUT2D eigenvalue weighted by Crippen LogP contribution is -2.40. The van der Waals surface area contributed by atoms with Crippen LogP contribution in [0.25, 0.3) is 0 Å². The first kappa shape index (κ1) is 23.0. The van der Waals surface area contributed by atoms with E-state index in [9.17, 15) is 14.7 Å². The van der Waals surface area contributed by atoms with Crippen LogP contribution in [0.4, 0.5) is 0 Å². The summed E-state index contributed by atoms with van der Waals surface area (Å²) >= 11 is 0. The quantitative estimate of drug-likeness (QED) is 0.580. The van der Waals surface area contributed by atoms with E-state index in [1.54, 1.807) is 25.1 Å². The smallest absolute Gasteiger partial charge is 0.290 e. The first-order valence-corrected chi connectivity index (χ1v) is 9.49. The molecule has 3 atom stereocenters. The lowest BCUT2D eigenvalue weighted by atomic mass is 10.1. The van der Waals surface area contributed by atoms with Crippen molar-refractivity contribution in [3.05, 3.63) is 47.9 Å². The zero-order valence-corrected chi connectivity index (χ0v) is 16.9. The summed E-state index contributed by atoms with van der Waals surface area (Å²) in [4.78, 5) is 43.1. The van der Waals surface area contributed by atoms with Crippen LogP contribution in [0.15, 0.2) is 35.2 Å². The highest BCUT2D eigenvalue weighted by Gasteiger charge is 2.39. The van der Waals surface area contributed by atoms with Gasteiger partial charge in [-0.3, -0.25) is 19.4 Å². The molecule has 3 rings (SSSR count). The third kappa shape index (κ3) is 6.11. The van der Waals surface area contributed by atoms with Crippen molar-refractivity contribution in [1.82, 2.24) is 20.2 Å². The van der Waals surface area contributed by atoms with Crippen LogP contribution in [-0.4, -0.2) is 69.1 Å². The molecule has 2 aromatic heterocycles. The van der Waals surface area contributed by atoms with Gasteiger partial charge in [0.2, 0.25) is 5.91 Å². The number of nitrogens with zero attached hydrogens (tertiary/aromatic N) is 3. The Kier molecular flexibility index (Phi) is 8.48. The van der Waals surface area contributed by atoms with Crippen LogP contribution >= 0.6 is 0 Å². The van der Waals surface area contributed by atoms with E-state index in [1.807, 2.05) is 18.2 Å². The van der Waals surface area contributed by atoms with E-state index in [1.165, 1.54) is 6.39 Å². The number of nitrogens with one attached hydrogen (secondary N) is 1. The van der Waals surface area contributed by atoms with Gasteiger partial charge in [0.15, 0.2) is 12.1 Å². The lowest BCUT2D eigenvalue weighted by Gasteiger charge is -2.21. The van der Waals surface area contributed by atoms with Gasteiger partial charge in [-0.15, -0.1) is 0 Å². The number of pyridine rings is 1. The largest absolute Gasteiger partial charge is 0.483 e. The summed E-state index contributed by atoms with van der Waals surface area (Å²) < 4.78 is 5.03. The highest BCUT2D eigenvalue weighted by atomic mass is 16.3. The van der Waals surface area contributed by atoms with Crippen molar-refractivity contribution in [3.8, 4) is 0 Å². The maximum Gasteiger partial charge on any atom is 0.290 e. The van der Waals surface area contributed by atoms with Crippen molar-refractivity contribution in [3.63, 3.8) is 0 Å². The predicted molar refractivity (Wildman–Crippen MR) is 105 cm³/mol. The van der Waals surface area contributed by atoms with Crippen molar-refractivity contribution in [2.45, 2.75) is 38.3 Å². The number of carbonyl (C=O) groups is 3. The first-order valence-electron chi connectivity index (χ1n) is 9.49. The number of hydrogen-bond donors (Lipinski definition) is 3. The molecule has 30 heavy (non-hydrogen) atoms. The van der Waals surface area contributed by atoms with Crippen LogP contribution in [0.3, 0.4) is 0 Å². The molecule has 2 aromatic rings. The topological polar surface area (TPSA) is 146 Å². The Labute approximate surface area is 173 Å². The third-order valence-corrected chi connectivity index (χ3v) is 4.96. The average molecular weight is 418 g/mol. The molecule has 2 amide bonds. The van der Waals surface area contributed by atoms with Gasteiger partial charge in [0.05, 0.1) is 12.1 Å². The summed E-state index contributed by atoms with van der Waals surface area (Å²) in [6.07, 6.45) is 3.57. The summed E-state index contributed by atoms with van der Waals surface area (Å²) in [6.45, 7) is 1.95. The Balaban J connectivity index is 0.00000101. The van der Waals surface area contributed by atoms with Crippen molar-refractivity contribution in [1.29, 1.82) is 0 Å². The number of oxazole rings is 1. The van der Waals surface area contributed by atoms with E-state index in [2.05, 4.69) is 15.3 Å². The molecule has 1 fully saturated rings. The normalized spacial score (nSPS) is 20.0. The second-order valence-corrected chi connectivity index (χ2v) is 7.01. The maximum atomic E-state index is 12.7. The van der Waals surface area contributed by atoms with Gasteiger partial charge >= 0.3 is 0 Å². The summed E-state index contributed by atoms with van der Waals surface area (Å²) in [6, 6.07) is 5.22. The molecule has 162 valence electrons. The minimum atomic E-state index is -0.765. The Morgan fingerprint density at radius 3 is 2.67 bits per heavy atom. The second kappa shape index (κ2) is 11.1. The molecule has 0 unspecified atom stereocenters. The molecule has 0 spiro atoms. The van der Waals surface area contributed by atoms with Crippen molar-refractivity contribution in [2.24, 2.45) is 5.92 Å². The van der Waals surface area contributed by atoms with E-state index in [4.69, 9.17) is 14.3 Å². The number of likely N-dealkylation sites (N-methyl/N-ethyl adjacent to an activating group) is 1. The van der Waals surface area contributed by atoms with E-state index < -0.39 is 18.1 Å². The minimum absolute atomic E-state index is 0.0284. The van der Waals surface area contributed by atoms with Gasteiger partial charge in [0, 0.05) is 37.8 Å². The molecule has 3 N–H and O–H groups in total. The third-order valence-electron chi connectivity index (χ3n) is 4.96. The predicted octanol–water partition coefficient (Wildman–Crippen LogP) is 0.649. The Morgan fingerprint density at radius 1 is 1.33 bits per heavy atom. The van der Waals surface area contributed by atoms with E-state index >= 15 is 0 Å². The number of aliphatic hydroxyl groups excluding tert-OH is 1. The molecular weight excluding hydrogens is 392 g/mol. The number of carbonyl (C=O) groups excluding carboxylic acids is 2. The van der Waals surface area contributed by atoms with Crippen LogP contribution in [-0.2, 0) is 16.0 Å². The molecule has 1 saturated carbocycles. The minimum Gasteiger partial charge on any atom is -0.483 e. The van der Waals surface area contributed by atoms with Crippen LogP contribution in [0.1, 0.15) is 34.8 Å². The molecule has 10 heteroatoms. The zero-order chi connectivity index (χ0) is 22.1. The van der Waals surface area contributed by atoms with E-state index in [0.29, 0.717) is 31.6 Å². The van der Waals surface area contributed by atoms with Gasteiger partial charge < -0.3 is 24.8 Å². The standard InChI is InChI=1S/C19H24N4O4.CH2O2/c1-12-17(21-11-27-12)18(25)22-15-9-13(10-16(15)24)19(26)23(2)8-6-14-5-3-4-7-20-14;2-1-3/h3-5,7,11,13,15-16,24H,6,8-10H2,1-2H3,(H,22,25);1H,(H,2,3)/t13-,15-,16-;/m0./s1. The Bertz CT molecular complexity index is 841. The van der Waals surface area contributed by atoms with Crippen LogP contribution in [0.5, 0.6) is 0 Å². The molecule has 0 aromatic carbocycles. The molecule has 10 nitrogen and oxygen atoms in total. The number of aliphatic hydroxyl groups is 1. The van der Waals surface area contributed by atoms with Gasteiger partial charge in [0.1, 0.15) is 5.76 Å². The van der Waals surface area contributed by atoms with Crippen LogP contribution in [0.2, 0.25) is 0 Å². The van der Waals surface area contributed by atoms with Gasteiger partial charge in [-0.1, -0.05) is 6.07 Å². The summed E-state index contributed by atoms with van der Waals surface area (Å²) in [5.41, 5.74) is 1.13. The second-order valence-electron chi connectivity index (χ2n) is 7.01. The Morgan fingerprint density at radius 2 is 2.07 bits per heavy atom. The zero-order valence-electron chi connectivity index (χ0n) is 16.9. The fourth-order valence-electron chi connectivity index (χ4n) is 3.38. The first-order chi connectivity index (χ1) is 14.4. The highest BCUT2D eigenvalue weighted by Crippen LogP contribution is 2.28. The van der Waals surface area contributed by atoms with E-state index in [-0.39, 0.29) is 24.0 Å². The van der Waals surface area contributed by atoms with Crippen molar-refractivity contribution < 1.29 is 29.0 Å². The number of aromatic nitrogens is 2. The van der Waals surface area contributed by atoms with Crippen molar-refractivity contribution >= 4 is 18.3 Å². The fraction of sp³-hybridized carbons (Fsp3) is 0.450. The Hall–Kier alpha value is -3.27. The molecule has 0 radical (unpaired) electrons. The summed E-state index contributed by atoms with van der Waals surface area (Å²) in [7, 11) is 1.75. The molecule has 2 heterocycles. The van der Waals surface area contributed by atoms with E-state index in [0.717, 1.165) is 5.69 Å². The number of carboxylic acid groups (broad SMARTS) is 1. The summed E-state index contributed by atoms with van der Waals surface area (Å²) in [5.74, 6) is -0.333. The van der Waals surface area contributed by atoms with Crippen LogP contribution in [0, 0.1) is 12.8 Å². The lowest BCUT2D eigenvalue weighted by molar-refractivity contribution is -0.134.